The first-order valence-corrected chi connectivity index (χ1v) is 8.71. The summed E-state index contributed by atoms with van der Waals surface area (Å²) in [5.41, 5.74) is 12.0. The number of anilines is 1. The Kier molecular flexibility index (Phi) is 5.64. The fourth-order valence-corrected chi connectivity index (χ4v) is 2.75. The molecule has 0 saturated heterocycles. The van der Waals surface area contributed by atoms with E-state index in [2.05, 4.69) is 10.4 Å². The average molecular weight is 408 g/mol. The fourth-order valence-electron chi connectivity index (χ4n) is 2.75. The summed E-state index contributed by atoms with van der Waals surface area (Å²) in [5.74, 6) is -0.921. The molecule has 0 fully saturated rings. The second-order valence-corrected chi connectivity index (χ2v) is 6.27. The van der Waals surface area contributed by atoms with Gasteiger partial charge in [0.25, 0.3) is 5.91 Å². The first kappa shape index (κ1) is 20.3. The molecule has 0 saturated carbocycles. The standard InChI is InChI=1S/C20H17FN6O3/c1-11(9-22)30-17-7-4-13(21)8-15(17)12-2-5-14(6-3-12)27-10-16(25-20(24)29)18(26-27)19(23)28/h2-8,10-11H,1H3,(H2,23,28)(H3,24,25,29). The predicted octanol–water partition coefficient (Wildman–Crippen LogP) is 2.56. The molecule has 0 bridgehead atoms. The molecule has 3 rings (SSSR count). The molecule has 0 radical (unpaired) electrons. The zero-order valence-electron chi connectivity index (χ0n) is 15.8. The van der Waals surface area contributed by atoms with E-state index in [1.807, 2.05) is 6.07 Å². The Balaban J connectivity index is 1.97. The van der Waals surface area contributed by atoms with Crippen molar-refractivity contribution in [2.45, 2.75) is 13.0 Å². The number of nitrogens with zero attached hydrogens (tertiary/aromatic N) is 3. The van der Waals surface area contributed by atoms with Crippen LogP contribution in [0.1, 0.15) is 17.4 Å². The maximum atomic E-state index is 13.8. The largest absolute Gasteiger partial charge is 0.475 e. The van der Waals surface area contributed by atoms with Crippen LogP contribution in [0.15, 0.2) is 48.7 Å². The Morgan fingerprint density at radius 2 is 1.93 bits per heavy atom. The first-order chi connectivity index (χ1) is 14.3. The fraction of sp³-hybridized carbons (Fsp3) is 0.100. The number of urea groups is 1. The summed E-state index contributed by atoms with van der Waals surface area (Å²) in [7, 11) is 0. The molecular weight excluding hydrogens is 391 g/mol. The van der Waals surface area contributed by atoms with Crippen LogP contribution in [0.3, 0.4) is 0 Å². The number of halogens is 1. The highest BCUT2D eigenvalue weighted by Gasteiger charge is 2.17. The van der Waals surface area contributed by atoms with Crippen molar-refractivity contribution in [3.05, 3.63) is 60.2 Å². The third-order valence-corrected chi connectivity index (χ3v) is 4.08. The molecule has 0 aliphatic carbocycles. The smallest absolute Gasteiger partial charge is 0.316 e. The topological polar surface area (TPSA) is 149 Å². The molecule has 5 N–H and O–H groups in total. The van der Waals surface area contributed by atoms with Gasteiger partial charge >= 0.3 is 6.03 Å². The minimum atomic E-state index is -0.863. The predicted molar refractivity (Wildman–Crippen MR) is 106 cm³/mol. The molecule has 10 heteroatoms. The third-order valence-electron chi connectivity index (χ3n) is 4.08. The van der Waals surface area contributed by atoms with E-state index in [0.717, 1.165) is 0 Å². The molecule has 0 aliphatic heterocycles. The number of hydrogen-bond donors (Lipinski definition) is 3. The number of rotatable bonds is 6. The molecule has 9 nitrogen and oxygen atoms in total. The summed E-state index contributed by atoms with van der Waals surface area (Å²) < 4.78 is 20.7. The average Bonchev–Trinajstić information content (AvgIpc) is 3.12. The Morgan fingerprint density at radius 1 is 1.23 bits per heavy atom. The van der Waals surface area contributed by atoms with Gasteiger partial charge in [0.2, 0.25) is 0 Å². The van der Waals surface area contributed by atoms with Crippen molar-refractivity contribution >= 4 is 17.6 Å². The Hall–Kier alpha value is -4.39. The highest BCUT2D eigenvalue weighted by Crippen LogP contribution is 2.32. The number of amides is 3. The number of nitrogens with two attached hydrogens (primary N) is 2. The van der Waals surface area contributed by atoms with Gasteiger partial charge < -0.3 is 21.5 Å². The van der Waals surface area contributed by atoms with Gasteiger partial charge in [-0.25, -0.2) is 13.9 Å². The van der Waals surface area contributed by atoms with Crippen LogP contribution in [-0.2, 0) is 0 Å². The lowest BCUT2D eigenvalue weighted by atomic mass is 10.0. The second-order valence-electron chi connectivity index (χ2n) is 6.27. The molecule has 1 heterocycles. The molecule has 1 atom stereocenters. The highest BCUT2D eigenvalue weighted by molar-refractivity contribution is 6.00. The molecule has 1 aromatic heterocycles. The Labute approximate surface area is 170 Å². The molecule has 3 amide bonds. The number of nitriles is 1. The zero-order valence-corrected chi connectivity index (χ0v) is 15.8. The van der Waals surface area contributed by atoms with Crippen LogP contribution in [0.4, 0.5) is 14.9 Å². The second kappa shape index (κ2) is 8.32. The number of carbonyl (C=O) groups excluding carboxylic acids is 2. The van der Waals surface area contributed by atoms with Gasteiger partial charge in [0.1, 0.15) is 17.6 Å². The van der Waals surface area contributed by atoms with Crippen LogP contribution in [-0.4, -0.2) is 27.8 Å². The van der Waals surface area contributed by atoms with Gasteiger partial charge in [-0.3, -0.25) is 4.79 Å². The van der Waals surface area contributed by atoms with E-state index < -0.39 is 23.9 Å². The van der Waals surface area contributed by atoms with Crippen LogP contribution in [0, 0.1) is 17.1 Å². The van der Waals surface area contributed by atoms with Crippen molar-refractivity contribution in [3.63, 3.8) is 0 Å². The van der Waals surface area contributed by atoms with Gasteiger partial charge in [-0.05, 0) is 42.8 Å². The van der Waals surface area contributed by atoms with E-state index in [0.29, 0.717) is 22.6 Å². The third kappa shape index (κ3) is 4.36. The number of benzene rings is 2. The van der Waals surface area contributed by atoms with Gasteiger partial charge in [0, 0.05) is 5.56 Å². The lowest BCUT2D eigenvalue weighted by Crippen LogP contribution is -2.22. The summed E-state index contributed by atoms with van der Waals surface area (Å²) >= 11 is 0. The van der Waals surface area contributed by atoms with Crippen molar-refractivity contribution in [2.24, 2.45) is 11.5 Å². The summed E-state index contributed by atoms with van der Waals surface area (Å²) in [5, 5.41) is 15.3. The van der Waals surface area contributed by atoms with E-state index in [4.69, 9.17) is 21.5 Å². The molecule has 152 valence electrons. The van der Waals surface area contributed by atoms with E-state index >= 15 is 0 Å². The SMILES string of the molecule is CC(C#N)Oc1ccc(F)cc1-c1ccc(-n2cc(NC(N)=O)c(C(N)=O)n2)cc1. The number of hydrogen-bond acceptors (Lipinski definition) is 5. The van der Waals surface area contributed by atoms with Gasteiger partial charge in [0.05, 0.1) is 17.6 Å². The monoisotopic (exact) mass is 408 g/mol. The van der Waals surface area contributed by atoms with E-state index in [1.54, 1.807) is 31.2 Å². The summed E-state index contributed by atoms with van der Waals surface area (Å²) in [6.07, 6.45) is 0.687. The van der Waals surface area contributed by atoms with Crippen LogP contribution in [0.2, 0.25) is 0 Å². The van der Waals surface area contributed by atoms with Crippen LogP contribution in [0.5, 0.6) is 5.75 Å². The van der Waals surface area contributed by atoms with E-state index in [-0.39, 0.29) is 11.4 Å². The maximum Gasteiger partial charge on any atom is 0.316 e. The minimum absolute atomic E-state index is 0.0744. The summed E-state index contributed by atoms with van der Waals surface area (Å²) in [6.45, 7) is 1.59. The van der Waals surface area contributed by atoms with Crippen molar-refractivity contribution in [1.29, 1.82) is 5.26 Å². The van der Waals surface area contributed by atoms with Crippen LogP contribution in [0.25, 0.3) is 16.8 Å². The van der Waals surface area contributed by atoms with Crippen molar-refractivity contribution < 1.29 is 18.7 Å². The van der Waals surface area contributed by atoms with E-state index in [9.17, 15) is 14.0 Å². The normalized spacial score (nSPS) is 11.4. The Morgan fingerprint density at radius 3 is 2.53 bits per heavy atom. The van der Waals surface area contributed by atoms with Gasteiger partial charge in [-0.1, -0.05) is 12.1 Å². The highest BCUT2D eigenvalue weighted by atomic mass is 19.1. The molecule has 1 unspecified atom stereocenters. The van der Waals surface area contributed by atoms with Crippen molar-refractivity contribution in [3.8, 4) is 28.6 Å². The van der Waals surface area contributed by atoms with E-state index in [1.165, 1.54) is 29.1 Å². The number of nitrogens with one attached hydrogen (secondary N) is 1. The van der Waals surface area contributed by atoms with Crippen LogP contribution >= 0.6 is 0 Å². The molecule has 3 aromatic rings. The molecular formula is C20H17FN6O3. The number of primary amides is 2. The number of ether oxygens (including phenoxy) is 1. The summed E-state index contributed by atoms with van der Waals surface area (Å²) in [6, 6.07) is 11.8. The zero-order chi connectivity index (χ0) is 21.8. The number of aromatic nitrogens is 2. The molecule has 0 aliphatic rings. The van der Waals surface area contributed by atoms with Crippen molar-refractivity contribution in [2.75, 3.05) is 5.32 Å². The first-order valence-electron chi connectivity index (χ1n) is 8.71. The lowest BCUT2D eigenvalue weighted by Gasteiger charge is -2.13. The quantitative estimate of drug-likeness (QED) is 0.573. The molecule has 2 aromatic carbocycles. The van der Waals surface area contributed by atoms with Crippen LogP contribution < -0.4 is 21.5 Å². The Bertz CT molecular complexity index is 1150. The van der Waals surface area contributed by atoms with Gasteiger partial charge in [-0.2, -0.15) is 10.4 Å². The van der Waals surface area contributed by atoms with Gasteiger partial charge in [0.15, 0.2) is 11.8 Å². The van der Waals surface area contributed by atoms with Gasteiger partial charge in [-0.15, -0.1) is 0 Å². The number of carbonyl (C=O) groups is 2. The molecule has 30 heavy (non-hydrogen) atoms. The minimum Gasteiger partial charge on any atom is -0.475 e. The summed E-state index contributed by atoms with van der Waals surface area (Å²) in [4.78, 5) is 22.7. The molecule has 0 spiro atoms. The lowest BCUT2D eigenvalue weighted by molar-refractivity contribution is 0.0996. The van der Waals surface area contributed by atoms with Crippen molar-refractivity contribution in [1.82, 2.24) is 9.78 Å². The maximum absolute atomic E-state index is 13.8.